The van der Waals surface area contributed by atoms with E-state index in [0.29, 0.717) is 0 Å². The molecule has 0 saturated heterocycles. The predicted molar refractivity (Wildman–Crippen MR) is 60.1 cm³/mol. The third-order valence-corrected chi connectivity index (χ3v) is 2.94. The van der Waals surface area contributed by atoms with E-state index in [1.165, 1.54) is 19.3 Å². The van der Waals surface area contributed by atoms with Gasteiger partial charge in [-0.15, -0.1) is 5.10 Å². The first-order valence-electron chi connectivity index (χ1n) is 5.74. The lowest BCUT2D eigenvalue weighted by atomic mass is 9.86. The molecule has 0 spiro atoms. The number of ether oxygens (including phenoxy) is 1. The fourth-order valence-corrected chi connectivity index (χ4v) is 1.62. The van der Waals surface area contributed by atoms with E-state index in [-0.39, 0.29) is 5.54 Å². The molecule has 0 unspecified atom stereocenters. The molecule has 1 aromatic rings. The van der Waals surface area contributed by atoms with Gasteiger partial charge in [0.15, 0.2) is 0 Å². The molecule has 1 aliphatic rings. The highest BCUT2D eigenvalue weighted by Crippen LogP contribution is 2.27. The van der Waals surface area contributed by atoms with E-state index in [2.05, 4.69) is 25.9 Å². The van der Waals surface area contributed by atoms with Crippen molar-refractivity contribution in [2.45, 2.75) is 45.6 Å². The van der Waals surface area contributed by atoms with Gasteiger partial charge in [-0.3, -0.25) is 4.68 Å². The lowest BCUT2D eigenvalue weighted by Crippen LogP contribution is -2.23. The monoisotopic (exact) mass is 208 g/mol. The molecule has 3 heteroatoms. The van der Waals surface area contributed by atoms with Crippen LogP contribution in [-0.2, 0) is 5.54 Å². The zero-order valence-corrected chi connectivity index (χ0v) is 9.86. The van der Waals surface area contributed by atoms with Crippen molar-refractivity contribution in [3.63, 3.8) is 0 Å². The normalized spacial score (nSPS) is 17.5. The molecule has 1 heterocycles. The van der Waals surface area contributed by atoms with Gasteiger partial charge in [0.2, 0.25) is 5.88 Å². The summed E-state index contributed by atoms with van der Waals surface area (Å²) in [5.41, 5.74) is 0.0398. The molecule has 3 nitrogen and oxygen atoms in total. The second kappa shape index (κ2) is 3.87. The largest absolute Gasteiger partial charge is 0.476 e. The highest BCUT2D eigenvalue weighted by atomic mass is 16.5. The summed E-state index contributed by atoms with van der Waals surface area (Å²) in [6.07, 6.45) is 5.99. The van der Waals surface area contributed by atoms with Gasteiger partial charge in [-0.2, -0.15) is 0 Å². The van der Waals surface area contributed by atoms with Gasteiger partial charge in [0.05, 0.1) is 12.1 Å². The van der Waals surface area contributed by atoms with E-state index >= 15 is 0 Å². The Morgan fingerprint density at radius 3 is 2.67 bits per heavy atom. The number of hydrogen-bond acceptors (Lipinski definition) is 2. The summed E-state index contributed by atoms with van der Waals surface area (Å²) in [7, 11) is 0. The van der Waals surface area contributed by atoms with Crippen LogP contribution in [0.1, 0.15) is 40.0 Å². The van der Waals surface area contributed by atoms with Crippen molar-refractivity contribution in [1.82, 2.24) is 9.78 Å². The highest BCUT2D eigenvalue weighted by Gasteiger charge is 2.19. The van der Waals surface area contributed by atoms with E-state index in [4.69, 9.17) is 4.74 Å². The lowest BCUT2D eigenvalue weighted by Gasteiger charge is -2.24. The van der Waals surface area contributed by atoms with Crippen LogP contribution in [0.25, 0.3) is 0 Å². The summed E-state index contributed by atoms with van der Waals surface area (Å²) in [6, 6.07) is 1.95. The van der Waals surface area contributed by atoms with Crippen LogP contribution in [-0.4, -0.2) is 16.4 Å². The Morgan fingerprint density at radius 1 is 1.47 bits per heavy atom. The summed E-state index contributed by atoms with van der Waals surface area (Å²) in [5.74, 6) is 1.53. The molecule has 0 aromatic carbocycles. The first-order chi connectivity index (χ1) is 7.05. The zero-order valence-electron chi connectivity index (χ0n) is 9.86. The van der Waals surface area contributed by atoms with Gasteiger partial charge in [-0.25, -0.2) is 0 Å². The summed E-state index contributed by atoms with van der Waals surface area (Å²) in [5, 5.41) is 4.41. The van der Waals surface area contributed by atoms with Crippen molar-refractivity contribution in [2.24, 2.45) is 5.92 Å². The van der Waals surface area contributed by atoms with Gasteiger partial charge in [0.25, 0.3) is 0 Å². The summed E-state index contributed by atoms with van der Waals surface area (Å²) < 4.78 is 7.60. The Balaban J connectivity index is 1.89. The van der Waals surface area contributed by atoms with E-state index < -0.39 is 0 Å². The van der Waals surface area contributed by atoms with Crippen molar-refractivity contribution < 1.29 is 4.74 Å². The van der Waals surface area contributed by atoms with E-state index in [9.17, 15) is 0 Å². The van der Waals surface area contributed by atoms with E-state index in [1.54, 1.807) is 0 Å². The second-order valence-electron chi connectivity index (χ2n) is 5.38. The van der Waals surface area contributed by atoms with Crippen LogP contribution in [0, 0.1) is 5.92 Å². The van der Waals surface area contributed by atoms with Crippen molar-refractivity contribution in [2.75, 3.05) is 6.61 Å². The molecular weight excluding hydrogens is 188 g/mol. The van der Waals surface area contributed by atoms with Crippen LogP contribution in [0.5, 0.6) is 5.88 Å². The molecule has 84 valence electrons. The molecule has 1 fully saturated rings. The van der Waals surface area contributed by atoms with Crippen LogP contribution < -0.4 is 4.74 Å². The topological polar surface area (TPSA) is 27.1 Å². The molecule has 0 radical (unpaired) electrons. The maximum Gasteiger partial charge on any atom is 0.232 e. The first kappa shape index (κ1) is 10.5. The third-order valence-electron chi connectivity index (χ3n) is 2.94. The fourth-order valence-electron chi connectivity index (χ4n) is 1.62. The Hall–Kier alpha value is -0.990. The number of nitrogens with zero attached hydrogens (tertiary/aromatic N) is 2. The molecule has 1 aliphatic carbocycles. The molecule has 0 aliphatic heterocycles. The van der Waals surface area contributed by atoms with Gasteiger partial charge >= 0.3 is 0 Å². The maximum absolute atomic E-state index is 5.65. The van der Waals surface area contributed by atoms with Crippen molar-refractivity contribution in [3.8, 4) is 5.88 Å². The average Bonchev–Trinajstić information content (AvgIpc) is 2.48. The third kappa shape index (κ3) is 2.52. The number of hydrogen-bond donors (Lipinski definition) is 0. The van der Waals surface area contributed by atoms with Crippen LogP contribution in [0.2, 0.25) is 0 Å². The van der Waals surface area contributed by atoms with Crippen LogP contribution in [0.15, 0.2) is 12.3 Å². The standard InChI is InChI=1S/C12H20N2O/c1-12(2,3)14-8-7-11(13-14)15-9-10-5-4-6-10/h7-8,10H,4-6,9H2,1-3H3. The van der Waals surface area contributed by atoms with Crippen molar-refractivity contribution >= 4 is 0 Å². The maximum atomic E-state index is 5.65. The second-order valence-corrected chi connectivity index (χ2v) is 5.38. The molecule has 1 saturated carbocycles. The quantitative estimate of drug-likeness (QED) is 0.763. The molecular formula is C12H20N2O. The zero-order chi connectivity index (χ0) is 10.9. The summed E-state index contributed by atoms with van der Waals surface area (Å²) in [6.45, 7) is 7.24. The summed E-state index contributed by atoms with van der Waals surface area (Å²) >= 11 is 0. The van der Waals surface area contributed by atoms with Gasteiger partial charge in [0, 0.05) is 12.3 Å². The number of aromatic nitrogens is 2. The van der Waals surface area contributed by atoms with E-state index in [0.717, 1.165) is 18.4 Å². The Bertz CT molecular complexity index is 321. The molecule has 0 N–H and O–H groups in total. The Morgan fingerprint density at radius 2 is 2.20 bits per heavy atom. The van der Waals surface area contributed by atoms with Crippen molar-refractivity contribution in [3.05, 3.63) is 12.3 Å². The average molecular weight is 208 g/mol. The molecule has 0 amide bonds. The van der Waals surface area contributed by atoms with Crippen LogP contribution >= 0.6 is 0 Å². The molecule has 0 bridgehead atoms. The van der Waals surface area contributed by atoms with Gasteiger partial charge in [0.1, 0.15) is 0 Å². The fraction of sp³-hybridized carbons (Fsp3) is 0.750. The molecule has 1 aromatic heterocycles. The van der Waals surface area contributed by atoms with Gasteiger partial charge < -0.3 is 4.74 Å². The molecule has 2 rings (SSSR count). The SMILES string of the molecule is CC(C)(C)n1ccc(OCC2CCC2)n1. The molecule has 0 atom stereocenters. The Labute approximate surface area is 91.4 Å². The summed E-state index contributed by atoms with van der Waals surface area (Å²) in [4.78, 5) is 0. The minimum atomic E-state index is 0.0398. The highest BCUT2D eigenvalue weighted by molar-refractivity contribution is 5.07. The predicted octanol–water partition coefficient (Wildman–Crippen LogP) is 2.82. The van der Waals surface area contributed by atoms with Gasteiger partial charge in [-0.05, 0) is 39.5 Å². The minimum absolute atomic E-state index is 0.0398. The molecule has 15 heavy (non-hydrogen) atoms. The van der Waals surface area contributed by atoms with Crippen LogP contribution in [0.4, 0.5) is 0 Å². The van der Waals surface area contributed by atoms with Crippen molar-refractivity contribution in [1.29, 1.82) is 0 Å². The smallest absolute Gasteiger partial charge is 0.232 e. The van der Waals surface area contributed by atoms with E-state index in [1.807, 2.05) is 16.9 Å². The minimum Gasteiger partial charge on any atom is -0.476 e. The lowest BCUT2D eigenvalue weighted by molar-refractivity contribution is 0.172. The first-order valence-corrected chi connectivity index (χ1v) is 5.74. The van der Waals surface area contributed by atoms with Gasteiger partial charge in [-0.1, -0.05) is 6.42 Å². The number of rotatable bonds is 3. The van der Waals surface area contributed by atoms with Crippen LogP contribution in [0.3, 0.4) is 0 Å². The Kier molecular flexibility index (Phi) is 2.72.